The van der Waals surface area contributed by atoms with Crippen LogP contribution in [0.15, 0.2) is 28.6 Å². The van der Waals surface area contributed by atoms with Gasteiger partial charge in [-0.15, -0.1) is 11.3 Å². The number of hydrogen-bond donors (Lipinski definition) is 0. The van der Waals surface area contributed by atoms with Crippen LogP contribution >= 0.6 is 32.9 Å². The Morgan fingerprint density at radius 1 is 1.14 bits per heavy atom. The van der Waals surface area contributed by atoms with Gasteiger partial charge in [-0.05, 0) is 29.3 Å². The lowest BCUT2D eigenvalue weighted by Crippen LogP contribution is -2.42. The minimum absolute atomic E-state index is 0.837. The van der Waals surface area contributed by atoms with Crippen molar-refractivity contribution in [3.8, 4) is 0 Å². The van der Waals surface area contributed by atoms with Gasteiger partial charge in [0.1, 0.15) is 0 Å². The monoisotopic (exact) mass is 361 g/mol. The van der Waals surface area contributed by atoms with Crippen LogP contribution < -0.4 is 0 Å². The molecular formula is C13H19NO3S3Si. The van der Waals surface area contributed by atoms with E-state index < -0.39 is 8.80 Å². The minimum atomic E-state index is -2.41. The maximum atomic E-state index is 5.41. The lowest BCUT2D eigenvalue weighted by molar-refractivity contribution is 0.123. The van der Waals surface area contributed by atoms with E-state index in [1.807, 2.05) is 22.9 Å². The summed E-state index contributed by atoms with van der Waals surface area (Å²) >= 11 is 1.74. The van der Waals surface area contributed by atoms with Crippen LogP contribution in [0.2, 0.25) is 6.04 Å². The van der Waals surface area contributed by atoms with Gasteiger partial charge in [0.25, 0.3) is 0 Å². The Morgan fingerprint density at radius 3 is 2.52 bits per heavy atom. The van der Waals surface area contributed by atoms with Crippen molar-refractivity contribution >= 4 is 51.9 Å². The van der Waals surface area contributed by atoms with Crippen LogP contribution in [0.5, 0.6) is 0 Å². The Hall–Kier alpha value is -0.0931. The van der Waals surface area contributed by atoms with Crippen LogP contribution in [0, 0.1) is 0 Å². The zero-order valence-corrected chi connectivity index (χ0v) is 15.8. The number of nitrogens with zero attached hydrogens (tertiary/aromatic N) is 1. The molecule has 2 rings (SSSR count). The van der Waals surface area contributed by atoms with Crippen molar-refractivity contribution in [2.75, 3.05) is 27.1 Å². The van der Waals surface area contributed by atoms with E-state index in [1.165, 1.54) is 4.70 Å². The predicted molar refractivity (Wildman–Crippen MR) is 94.1 cm³/mol. The smallest absolute Gasteiger partial charge is 0.377 e. The van der Waals surface area contributed by atoms with Gasteiger partial charge in [0.15, 0.2) is 4.34 Å². The van der Waals surface area contributed by atoms with E-state index in [9.17, 15) is 0 Å². The van der Waals surface area contributed by atoms with Crippen LogP contribution in [0.1, 0.15) is 6.42 Å². The zero-order valence-electron chi connectivity index (χ0n) is 12.3. The van der Waals surface area contributed by atoms with E-state index in [4.69, 9.17) is 13.3 Å². The maximum absolute atomic E-state index is 5.41. The van der Waals surface area contributed by atoms with E-state index in [0.717, 1.165) is 28.1 Å². The topological polar surface area (TPSA) is 40.6 Å². The largest absolute Gasteiger partial charge is 0.500 e. The first kappa shape index (κ1) is 17.3. The van der Waals surface area contributed by atoms with E-state index >= 15 is 0 Å². The van der Waals surface area contributed by atoms with E-state index in [2.05, 4.69) is 17.1 Å². The molecule has 4 nitrogen and oxygen atoms in total. The minimum Gasteiger partial charge on any atom is -0.377 e. The molecule has 2 aromatic rings. The highest BCUT2D eigenvalue weighted by Crippen LogP contribution is 2.37. The number of thiazole rings is 1. The van der Waals surface area contributed by atoms with Crippen molar-refractivity contribution in [3.05, 3.63) is 24.3 Å². The van der Waals surface area contributed by atoms with Gasteiger partial charge in [0.2, 0.25) is 0 Å². The van der Waals surface area contributed by atoms with Gasteiger partial charge >= 0.3 is 8.80 Å². The highest BCUT2D eigenvalue weighted by Gasteiger charge is 2.36. The maximum Gasteiger partial charge on any atom is 0.500 e. The molecular weight excluding hydrogens is 342 g/mol. The summed E-state index contributed by atoms with van der Waals surface area (Å²) in [5, 5.41) is 0. The molecule has 0 unspecified atom stereocenters. The van der Waals surface area contributed by atoms with Gasteiger partial charge in [-0.2, -0.15) is 0 Å². The van der Waals surface area contributed by atoms with E-state index in [0.29, 0.717) is 0 Å². The van der Waals surface area contributed by atoms with Crippen LogP contribution in [0.4, 0.5) is 0 Å². The SMILES string of the molecule is CO[Si](CCCSSc1nc2ccccc2s1)(OC)OC. The van der Waals surface area contributed by atoms with Gasteiger partial charge in [-0.1, -0.05) is 22.9 Å². The zero-order chi connectivity index (χ0) is 15.1. The molecule has 0 saturated heterocycles. The molecule has 0 bridgehead atoms. The Labute approximate surface area is 138 Å². The highest BCUT2D eigenvalue weighted by molar-refractivity contribution is 8.77. The molecule has 0 saturated carbocycles. The lowest BCUT2D eigenvalue weighted by Gasteiger charge is -2.23. The first-order valence-corrected chi connectivity index (χ1v) is 11.6. The molecule has 0 atom stereocenters. The molecule has 0 spiro atoms. The third-order valence-electron chi connectivity index (χ3n) is 3.05. The van der Waals surface area contributed by atoms with E-state index in [-0.39, 0.29) is 0 Å². The van der Waals surface area contributed by atoms with Crippen molar-refractivity contribution in [3.63, 3.8) is 0 Å². The Morgan fingerprint density at radius 2 is 1.86 bits per heavy atom. The Balaban J connectivity index is 1.74. The second-order valence-corrected chi connectivity index (χ2v) is 11.0. The van der Waals surface area contributed by atoms with Crippen molar-refractivity contribution < 1.29 is 13.3 Å². The Bertz CT molecular complexity index is 521. The molecule has 1 aromatic heterocycles. The number of para-hydroxylation sites is 1. The molecule has 0 aliphatic carbocycles. The summed E-state index contributed by atoms with van der Waals surface area (Å²) in [7, 11) is 6.11. The first-order valence-electron chi connectivity index (χ1n) is 6.53. The molecule has 21 heavy (non-hydrogen) atoms. The van der Waals surface area contributed by atoms with Crippen molar-refractivity contribution in [1.29, 1.82) is 0 Å². The molecule has 0 fully saturated rings. The van der Waals surface area contributed by atoms with Gasteiger partial charge in [-0.25, -0.2) is 4.98 Å². The summed E-state index contributed by atoms with van der Waals surface area (Å²) in [6.07, 6.45) is 1.00. The number of rotatable bonds is 9. The standard InChI is InChI=1S/C13H19NO3S3Si/c1-15-21(16-2,17-3)10-6-9-18-20-13-14-11-7-4-5-8-12(11)19-13/h4-5,7-8H,6,9-10H2,1-3H3. The number of hydrogen-bond acceptors (Lipinski definition) is 7. The highest BCUT2D eigenvalue weighted by atomic mass is 33.1. The van der Waals surface area contributed by atoms with Gasteiger partial charge < -0.3 is 13.3 Å². The van der Waals surface area contributed by atoms with E-state index in [1.54, 1.807) is 43.5 Å². The van der Waals surface area contributed by atoms with Gasteiger partial charge in [-0.3, -0.25) is 0 Å². The summed E-state index contributed by atoms with van der Waals surface area (Å²) in [5.74, 6) is 1.02. The third kappa shape index (κ3) is 4.69. The number of aromatic nitrogens is 1. The fourth-order valence-electron chi connectivity index (χ4n) is 1.88. The van der Waals surface area contributed by atoms with Crippen molar-refractivity contribution in [2.24, 2.45) is 0 Å². The third-order valence-corrected chi connectivity index (χ3v) is 9.66. The van der Waals surface area contributed by atoms with Crippen molar-refractivity contribution in [2.45, 2.75) is 16.8 Å². The lowest BCUT2D eigenvalue weighted by atomic mass is 10.3. The number of benzene rings is 1. The van der Waals surface area contributed by atoms with Gasteiger partial charge in [0, 0.05) is 33.1 Å². The summed E-state index contributed by atoms with van der Waals surface area (Å²) in [4.78, 5) is 4.60. The molecule has 1 heterocycles. The summed E-state index contributed by atoms with van der Waals surface area (Å²) < 4.78 is 18.6. The second kappa shape index (κ2) is 8.52. The molecule has 1 aromatic carbocycles. The summed E-state index contributed by atoms with van der Waals surface area (Å²) in [6.45, 7) is 0. The molecule has 8 heteroatoms. The quantitative estimate of drug-likeness (QED) is 0.377. The Kier molecular flexibility index (Phi) is 7.00. The normalized spacial score (nSPS) is 12.1. The first-order chi connectivity index (χ1) is 10.2. The average molecular weight is 362 g/mol. The average Bonchev–Trinajstić information content (AvgIpc) is 2.94. The molecule has 116 valence electrons. The van der Waals surface area contributed by atoms with Crippen LogP contribution in [0.3, 0.4) is 0 Å². The van der Waals surface area contributed by atoms with Crippen LogP contribution in [-0.2, 0) is 13.3 Å². The fourth-order valence-corrected chi connectivity index (χ4v) is 7.30. The van der Waals surface area contributed by atoms with Crippen molar-refractivity contribution in [1.82, 2.24) is 4.98 Å². The summed E-state index contributed by atoms with van der Waals surface area (Å²) in [6, 6.07) is 9.07. The predicted octanol–water partition coefficient (Wildman–Crippen LogP) is 4.30. The van der Waals surface area contributed by atoms with Crippen LogP contribution in [0.25, 0.3) is 10.2 Å². The number of fused-ring (bicyclic) bond motifs is 1. The fraction of sp³-hybridized carbons (Fsp3) is 0.462. The molecule has 0 aliphatic heterocycles. The second-order valence-electron chi connectivity index (χ2n) is 4.25. The molecule has 0 N–H and O–H groups in total. The van der Waals surface area contributed by atoms with Crippen LogP contribution in [-0.4, -0.2) is 40.9 Å². The molecule has 0 radical (unpaired) electrons. The van der Waals surface area contributed by atoms with Gasteiger partial charge in [0.05, 0.1) is 10.2 Å². The summed E-state index contributed by atoms with van der Waals surface area (Å²) in [5.41, 5.74) is 1.08. The molecule has 0 aliphatic rings. The molecule has 0 amide bonds.